The van der Waals surface area contributed by atoms with Crippen molar-refractivity contribution in [3.8, 4) is 0 Å². The largest absolute Gasteiger partial charge is 0.345 e. The van der Waals surface area contributed by atoms with E-state index in [1.807, 2.05) is 6.07 Å². The number of carbonyl (C=O) groups is 1. The molecule has 2 aromatic carbocycles. The minimum atomic E-state index is -0.356. The van der Waals surface area contributed by atoms with Crippen LogP contribution in [-0.4, -0.2) is 58.5 Å². The number of imidazole rings is 1. The van der Waals surface area contributed by atoms with Gasteiger partial charge in [0.1, 0.15) is 5.82 Å². The van der Waals surface area contributed by atoms with Crippen LogP contribution in [0.15, 0.2) is 48.8 Å². The Bertz CT molecular complexity index is 934. The lowest BCUT2D eigenvalue weighted by atomic mass is 10.1. The van der Waals surface area contributed by atoms with Crippen molar-refractivity contribution in [2.75, 3.05) is 32.7 Å². The van der Waals surface area contributed by atoms with Crippen molar-refractivity contribution in [3.05, 3.63) is 65.7 Å². The molecule has 1 aliphatic rings. The second kappa shape index (κ2) is 8.39. The van der Waals surface area contributed by atoms with Gasteiger partial charge in [-0.2, -0.15) is 0 Å². The summed E-state index contributed by atoms with van der Waals surface area (Å²) in [6.07, 6.45) is 2.55. The van der Waals surface area contributed by atoms with Crippen molar-refractivity contribution in [2.45, 2.75) is 13.0 Å². The van der Waals surface area contributed by atoms with Crippen molar-refractivity contribution in [2.24, 2.45) is 0 Å². The Morgan fingerprint density at radius 2 is 1.89 bits per heavy atom. The molecule has 7 heteroatoms. The third-order valence-corrected chi connectivity index (χ3v) is 5.27. The first-order chi connectivity index (χ1) is 13.7. The fraction of sp³-hybridized carbons (Fsp3) is 0.333. The zero-order chi connectivity index (χ0) is 19.3. The van der Waals surface area contributed by atoms with E-state index < -0.39 is 0 Å². The van der Waals surface area contributed by atoms with Gasteiger partial charge in [0.25, 0.3) is 0 Å². The molecule has 1 saturated heterocycles. The molecule has 4 rings (SSSR count). The number of piperazine rings is 1. The molecule has 0 saturated carbocycles. The van der Waals surface area contributed by atoms with Gasteiger partial charge in [-0.3, -0.25) is 4.90 Å². The molecule has 1 aromatic heterocycles. The monoisotopic (exact) mass is 381 g/mol. The van der Waals surface area contributed by atoms with Crippen molar-refractivity contribution in [1.29, 1.82) is 0 Å². The predicted octanol–water partition coefficient (Wildman–Crippen LogP) is 2.77. The summed E-state index contributed by atoms with van der Waals surface area (Å²) in [5, 5.41) is 2.84. The van der Waals surface area contributed by atoms with E-state index >= 15 is 0 Å². The number of nitrogens with zero attached hydrogens (tertiary/aromatic N) is 3. The average molecular weight is 381 g/mol. The first-order valence-corrected chi connectivity index (χ1v) is 9.60. The summed E-state index contributed by atoms with van der Waals surface area (Å²) >= 11 is 0. The molecular weight excluding hydrogens is 357 g/mol. The summed E-state index contributed by atoms with van der Waals surface area (Å²) in [5.41, 5.74) is 3.06. The SMILES string of the molecule is O=C(NCc1c(F)ccc2[nH]cnc12)N1CCN(CCc2ccccc2)CC1. The van der Waals surface area contributed by atoms with Crippen LogP contribution >= 0.6 is 0 Å². The van der Waals surface area contributed by atoms with E-state index in [-0.39, 0.29) is 18.4 Å². The molecule has 0 unspecified atom stereocenters. The number of nitrogens with one attached hydrogen (secondary N) is 2. The summed E-state index contributed by atoms with van der Waals surface area (Å²) in [7, 11) is 0. The Balaban J connectivity index is 1.26. The van der Waals surface area contributed by atoms with Crippen LogP contribution in [-0.2, 0) is 13.0 Å². The van der Waals surface area contributed by atoms with Crippen LogP contribution in [0.3, 0.4) is 0 Å². The lowest BCUT2D eigenvalue weighted by Gasteiger charge is -2.34. The van der Waals surface area contributed by atoms with Crippen molar-refractivity contribution < 1.29 is 9.18 Å². The summed E-state index contributed by atoms with van der Waals surface area (Å²) in [6, 6.07) is 13.3. The number of rotatable bonds is 5. The standard InChI is InChI=1S/C21H24FN5O/c22-18-6-7-19-20(25-15-24-19)17(18)14-23-21(28)27-12-10-26(11-13-27)9-8-16-4-2-1-3-5-16/h1-7,15H,8-14H2,(H,23,28)(H,24,25). The highest BCUT2D eigenvalue weighted by atomic mass is 19.1. The zero-order valence-corrected chi connectivity index (χ0v) is 15.7. The molecule has 0 radical (unpaired) electrons. The molecule has 3 aromatic rings. The van der Waals surface area contributed by atoms with Crippen LogP contribution in [0.2, 0.25) is 0 Å². The van der Waals surface area contributed by atoms with Crippen molar-refractivity contribution in [1.82, 2.24) is 25.1 Å². The normalized spacial score (nSPS) is 15.1. The number of fused-ring (bicyclic) bond motifs is 1. The van der Waals surface area contributed by atoms with Crippen LogP contribution in [0, 0.1) is 5.82 Å². The number of benzene rings is 2. The van der Waals surface area contributed by atoms with Gasteiger partial charge in [-0.1, -0.05) is 30.3 Å². The molecule has 146 valence electrons. The van der Waals surface area contributed by atoms with Gasteiger partial charge in [-0.25, -0.2) is 14.2 Å². The van der Waals surface area contributed by atoms with Gasteiger partial charge in [0.2, 0.25) is 0 Å². The van der Waals surface area contributed by atoms with Gasteiger partial charge in [-0.15, -0.1) is 0 Å². The third kappa shape index (κ3) is 4.14. The molecule has 0 atom stereocenters. The maximum Gasteiger partial charge on any atom is 0.317 e. The van der Waals surface area contributed by atoms with E-state index in [0.717, 1.165) is 31.6 Å². The first-order valence-electron chi connectivity index (χ1n) is 9.60. The van der Waals surface area contributed by atoms with E-state index in [2.05, 4.69) is 44.5 Å². The second-order valence-corrected chi connectivity index (χ2v) is 7.05. The van der Waals surface area contributed by atoms with Gasteiger partial charge in [0.15, 0.2) is 0 Å². The predicted molar refractivity (Wildman–Crippen MR) is 106 cm³/mol. The van der Waals surface area contributed by atoms with Gasteiger partial charge in [0.05, 0.1) is 17.4 Å². The van der Waals surface area contributed by atoms with E-state index in [0.29, 0.717) is 24.2 Å². The number of hydrogen-bond acceptors (Lipinski definition) is 3. The van der Waals surface area contributed by atoms with Crippen molar-refractivity contribution in [3.63, 3.8) is 0 Å². The van der Waals surface area contributed by atoms with Crippen LogP contribution in [0.4, 0.5) is 9.18 Å². The minimum Gasteiger partial charge on any atom is -0.345 e. The van der Waals surface area contributed by atoms with Crippen LogP contribution in [0.1, 0.15) is 11.1 Å². The van der Waals surface area contributed by atoms with Gasteiger partial charge in [0, 0.05) is 44.8 Å². The van der Waals surface area contributed by atoms with E-state index in [9.17, 15) is 9.18 Å². The molecular formula is C21H24FN5O. The Morgan fingerprint density at radius 1 is 1.11 bits per heavy atom. The van der Waals surface area contributed by atoms with Gasteiger partial charge >= 0.3 is 6.03 Å². The fourth-order valence-corrected chi connectivity index (χ4v) is 3.59. The quantitative estimate of drug-likeness (QED) is 0.714. The number of amides is 2. The molecule has 2 amide bonds. The maximum absolute atomic E-state index is 14.1. The number of urea groups is 1. The lowest BCUT2D eigenvalue weighted by Crippen LogP contribution is -2.51. The zero-order valence-electron chi connectivity index (χ0n) is 15.7. The van der Waals surface area contributed by atoms with Crippen LogP contribution < -0.4 is 5.32 Å². The van der Waals surface area contributed by atoms with Crippen LogP contribution in [0.5, 0.6) is 0 Å². The molecule has 6 nitrogen and oxygen atoms in total. The van der Waals surface area contributed by atoms with E-state index in [1.54, 1.807) is 11.0 Å². The smallest absolute Gasteiger partial charge is 0.317 e. The van der Waals surface area contributed by atoms with Gasteiger partial charge < -0.3 is 15.2 Å². The Hall–Kier alpha value is -2.93. The number of hydrogen-bond donors (Lipinski definition) is 2. The maximum atomic E-state index is 14.1. The molecule has 1 fully saturated rings. The number of H-pyrrole nitrogens is 1. The highest BCUT2D eigenvalue weighted by Crippen LogP contribution is 2.18. The first kappa shape index (κ1) is 18.4. The molecule has 1 aliphatic heterocycles. The molecule has 0 spiro atoms. The summed E-state index contributed by atoms with van der Waals surface area (Å²) in [4.78, 5) is 23.8. The minimum absolute atomic E-state index is 0.126. The molecule has 0 aliphatic carbocycles. The highest BCUT2D eigenvalue weighted by Gasteiger charge is 2.21. The molecule has 2 heterocycles. The number of carbonyl (C=O) groups excluding carboxylic acids is 1. The third-order valence-electron chi connectivity index (χ3n) is 5.27. The second-order valence-electron chi connectivity index (χ2n) is 7.05. The Morgan fingerprint density at radius 3 is 2.68 bits per heavy atom. The number of aromatic amines is 1. The van der Waals surface area contributed by atoms with E-state index in [4.69, 9.17) is 0 Å². The highest BCUT2D eigenvalue weighted by molar-refractivity contribution is 5.79. The fourth-order valence-electron chi connectivity index (χ4n) is 3.59. The summed E-state index contributed by atoms with van der Waals surface area (Å²) in [5.74, 6) is -0.356. The molecule has 2 N–H and O–H groups in total. The van der Waals surface area contributed by atoms with Crippen LogP contribution in [0.25, 0.3) is 11.0 Å². The number of aromatic nitrogens is 2. The Kier molecular flexibility index (Phi) is 5.53. The lowest BCUT2D eigenvalue weighted by molar-refractivity contribution is 0.140. The molecule has 0 bridgehead atoms. The summed E-state index contributed by atoms with van der Waals surface area (Å²) in [6.45, 7) is 4.17. The topological polar surface area (TPSA) is 64.3 Å². The summed E-state index contributed by atoms with van der Waals surface area (Å²) < 4.78 is 14.1. The number of halogens is 1. The average Bonchev–Trinajstić information content (AvgIpc) is 3.21. The Labute approximate surface area is 163 Å². The molecule has 28 heavy (non-hydrogen) atoms. The van der Waals surface area contributed by atoms with Gasteiger partial charge in [-0.05, 0) is 24.1 Å². The van der Waals surface area contributed by atoms with Crippen molar-refractivity contribution >= 4 is 17.1 Å². The van der Waals surface area contributed by atoms with E-state index in [1.165, 1.54) is 18.0 Å².